The number of H-pyrrole nitrogens is 1. The third-order valence-corrected chi connectivity index (χ3v) is 6.87. The van der Waals surface area contributed by atoms with Gasteiger partial charge in [-0.25, -0.2) is 0 Å². The van der Waals surface area contributed by atoms with Crippen molar-refractivity contribution >= 4 is 33.9 Å². The van der Waals surface area contributed by atoms with Gasteiger partial charge in [-0.05, 0) is 67.5 Å². The minimum Gasteiger partial charge on any atom is -0.493 e. The van der Waals surface area contributed by atoms with E-state index in [1.54, 1.807) is 20.3 Å². The molecule has 8 nitrogen and oxygen atoms in total. The normalized spacial score (nSPS) is 11.9. The summed E-state index contributed by atoms with van der Waals surface area (Å²) in [7, 11) is 3.15. The first-order valence-electron chi connectivity index (χ1n) is 12.1. The Morgan fingerprint density at radius 3 is 2.50 bits per heavy atom. The molecule has 4 aromatic rings. The maximum absolute atomic E-state index is 13.1. The van der Waals surface area contributed by atoms with Crippen molar-refractivity contribution in [2.24, 2.45) is 0 Å². The number of hydrogen-bond acceptors (Lipinski definition) is 6. The predicted molar refractivity (Wildman–Crippen MR) is 152 cm³/mol. The quantitative estimate of drug-likeness (QED) is 0.311. The Bertz CT molecular complexity index is 1580. The number of aromatic nitrogens is 1. The highest BCUT2D eigenvalue weighted by atomic mass is 32.1. The van der Waals surface area contributed by atoms with Crippen molar-refractivity contribution in [3.63, 3.8) is 0 Å². The Kier molecular flexibility index (Phi) is 7.11. The molecule has 0 spiro atoms. The first-order chi connectivity index (χ1) is 18.3. The van der Waals surface area contributed by atoms with E-state index in [9.17, 15) is 4.79 Å². The molecular formula is C29H29N3O5S. The fraction of sp³-hybridized carbons (Fsp3) is 0.241. The summed E-state index contributed by atoms with van der Waals surface area (Å²) < 4.78 is 21.9. The Balaban J connectivity index is 1.49. The molecule has 0 atom stereocenters. The third kappa shape index (κ3) is 5.24. The van der Waals surface area contributed by atoms with Crippen LogP contribution in [0, 0.1) is 13.8 Å². The largest absolute Gasteiger partial charge is 0.493 e. The fourth-order valence-corrected chi connectivity index (χ4v) is 4.75. The van der Waals surface area contributed by atoms with Crippen LogP contribution in [-0.2, 0) is 13.1 Å². The molecule has 196 valence electrons. The van der Waals surface area contributed by atoms with Crippen LogP contribution in [0.3, 0.4) is 0 Å². The summed E-state index contributed by atoms with van der Waals surface area (Å²) in [6.45, 7) is 5.03. The molecule has 0 saturated heterocycles. The number of methoxy groups -OCH3 is 2. The van der Waals surface area contributed by atoms with Crippen molar-refractivity contribution in [2.75, 3.05) is 26.3 Å². The van der Waals surface area contributed by atoms with Crippen molar-refractivity contribution in [3.8, 4) is 23.0 Å². The number of rotatable bonds is 7. The number of anilines is 1. The van der Waals surface area contributed by atoms with Crippen LogP contribution in [0.4, 0.5) is 5.69 Å². The first-order valence-corrected chi connectivity index (χ1v) is 12.5. The number of hydrogen-bond donors (Lipinski definition) is 2. The standard InChI is InChI=1S/C29H29N3O5S/c1-17-5-7-22(18(2)9-17)31-29(38)32(14-19-6-8-24-27(10-19)37-16-36-24)15-21-11-20-12-25(34-3)26(35-4)13-23(20)30-28(21)33/h5-13H,14-16H2,1-4H3,(H,30,33)(H,31,38). The van der Waals surface area contributed by atoms with Gasteiger partial charge in [0, 0.05) is 29.2 Å². The van der Waals surface area contributed by atoms with Crippen molar-refractivity contribution < 1.29 is 18.9 Å². The molecule has 38 heavy (non-hydrogen) atoms. The average molecular weight is 532 g/mol. The number of nitrogens with one attached hydrogen (secondary N) is 2. The molecule has 5 rings (SSSR count). The van der Waals surface area contributed by atoms with E-state index >= 15 is 0 Å². The van der Waals surface area contributed by atoms with E-state index in [0.29, 0.717) is 45.7 Å². The number of ether oxygens (including phenoxy) is 4. The predicted octanol–water partition coefficient (Wildman–Crippen LogP) is 5.29. The Hall–Kier alpha value is -4.24. The lowest BCUT2D eigenvalue weighted by atomic mass is 10.1. The minimum absolute atomic E-state index is 0.199. The molecule has 1 aliphatic rings. The molecular weight excluding hydrogens is 502 g/mol. The summed E-state index contributed by atoms with van der Waals surface area (Å²) in [6, 6.07) is 17.4. The Labute approximate surface area is 226 Å². The summed E-state index contributed by atoms with van der Waals surface area (Å²) in [5.74, 6) is 2.54. The van der Waals surface area contributed by atoms with E-state index in [2.05, 4.69) is 23.3 Å². The molecule has 0 radical (unpaired) electrons. The van der Waals surface area contributed by atoms with Crippen LogP contribution >= 0.6 is 12.2 Å². The van der Waals surface area contributed by atoms with Gasteiger partial charge in [0.15, 0.2) is 28.1 Å². The average Bonchev–Trinajstić information content (AvgIpc) is 3.37. The number of aromatic amines is 1. The topological polar surface area (TPSA) is 85.0 Å². The van der Waals surface area contributed by atoms with Crippen LogP contribution in [0.2, 0.25) is 0 Å². The molecule has 0 fully saturated rings. The van der Waals surface area contributed by atoms with E-state index in [4.69, 9.17) is 31.2 Å². The van der Waals surface area contributed by atoms with Crippen LogP contribution in [0.1, 0.15) is 22.3 Å². The summed E-state index contributed by atoms with van der Waals surface area (Å²) in [5, 5.41) is 4.70. The maximum atomic E-state index is 13.1. The van der Waals surface area contributed by atoms with Crippen molar-refractivity contribution in [1.82, 2.24) is 9.88 Å². The van der Waals surface area contributed by atoms with Crippen LogP contribution in [0.15, 0.2) is 59.4 Å². The number of thiocarbonyl (C=S) groups is 1. The molecule has 1 aliphatic heterocycles. The fourth-order valence-electron chi connectivity index (χ4n) is 4.51. The van der Waals surface area contributed by atoms with Crippen molar-refractivity contribution in [3.05, 3.63) is 87.2 Å². The van der Waals surface area contributed by atoms with Gasteiger partial charge in [-0.3, -0.25) is 4.79 Å². The number of nitrogens with zero attached hydrogens (tertiary/aromatic N) is 1. The zero-order valence-electron chi connectivity index (χ0n) is 21.7. The second kappa shape index (κ2) is 10.6. The van der Waals surface area contributed by atoms with E-state index in [-0.39, 0.29) is 18.9 Å². The highest BCUT2D eigenvalue weighted by Crippen LogP contribution is 2.33. The van der Waals surface area contributed by atoms with Crippen LogP contribution in [0.5, 0.6) is 23.0 Å². The first kappa shape index (κ1) is 25.4. The highest BCUT2D eigenvalue weighted by molar-refractivity contribution is 7.80. The van der Waals surface area contributed by atoms with Gasteiger partial charge in [0.1, 0.15) is 0 Å². The molecule has 1 aromatic heterocycles. The molecule has 2 heterocycles. The maximum Gasteiger partial charge on any atom is 0.253 e. The van der Waals surface area contributed by atoms with Gasteiger partial charge < -0.3 is 34.1 Å². The molecule has 0 saturated carbocycles. The lowest BCUT2D eigenvalue weighted by Gasteiger charge is -2.27. The van der Waals surface area contributed by atoms with Gasteiger partial charge in [0.2, 0.25) is 6.79 Å². The van der Waals surface area contributed by atoms with E-state index in [0.717, 1.165) is 22.2 Å². The van der Waals surface area contributed by atoms with Gasteiger partial charge in [0.25, 0.3) is 5.56 Å². The van der Waals surface area contributed by atoms with Gasteiger partial charge in [-0.2, -0.15) is 0 Å². The van der Waals surface area contributed by atoms with Crippen LogP contribution in [0.25, 0.3) is 10.9 Å². The molecule has 2 N–H and O–H groups in total. The van der Waals surface area contributed by atoms with Gasteiger partial charge in [0.05, 0.1) is 26.3 Å². The number of benzene rings is 3. The molecule has 0 unspecified atom stereocenters. The third-order valence-electron chi connectivity index (χ3n) is 6.51. The van der Waals surface area contributed by atoms with Gasteiger partial charge >= 0.3 is 0 Å². The summed E-state index contributed by atoms with van der Waals surface area (Å²) in [5.41, 5.74) is 5.17. The molecule has 3 aromatic carbocycles. The summed E-state index contributed by atoms with van der Waals surface area (Å²) in [6.07, 6.45) is 0. The SMILES string of the molecule is COc1cc2cc(CN(Cc3ccc4c(c3)OCO4)C(=S)Nc3ccc(C)cc3C)c(=O)[nH]c2cc1OC. The van der Waals surface area contributed by atoms with Crippen molar-refractivity contribution in [2.45, 2.75) is 26.9 Å². The molecule has 9 heteroatoms. The van der Waals surface area contributed by atoms with E-state index < -0.39 is 0 Å². The van der Waals surface area contributed by atoms with Crippen LogP contribution in [-0.4, -0.2) is 36.0 Å². The second-order valence-corrected chi connectivity index (χ2v) is 9.60. The zero-order valence-corrected chi connectivity index (χ0v) is 22.5. The summed E-state index contributed by atoms with van der Waals surface area (Å²) >= 11 is 5.87. The minimum atomic E-state index is -0.199. The highest BCUT2D eigenvalue weighted by Gasteiger charge is 2.19. The smallest absolute Gasteiger partial charge is 0.253 e. The Morgan fingerprint density at radius 1 is 0.974 bits per heavy atom. The lowest BCUT2D eigenvalue weighted by molar-refractivity contribution is 0.174. The van der Waals surface area contributed by atoms with E-state index in [1.807, 2.05) is 54.3 Å². The van der Waals surface area contributed by atoms with Crippen LogP contribution < -0.4 is 29.8 Å². The molecule has 0 bridgehead atoms. The zero-order chi connectivity index (χ0) is 26.8. The van der Waals surface area contributed by atoms with E-state index in [1.165, 1.54) is 5.56 Å². The number of pyridine rings is 1. The molecule has 0 aliphatic carbocycles. The lowest BCUT2D eigenvalue weighted by Crippen LogP contribution is -2.35. The monoisotopic (exact) mass is 531 g/mol. The number of fused-ring (bicyclic) bond motifs is 2. The van der Waals surface area contributed by atoms with Crippen molar-refractivity contribution in [1.29, 1.82) is 0 Å². The summed E-state index contributed by atoms with van der Waals surface area (Å²) in [4.78, 5) is 18.1. The van der Waals surface area contributed by atoms with Gasteiger partial charge in [-0.15, -0.1) is 0 Å². The Morgan fingerprint density at radius 2 is 1.74 bits per heavy atom. The second-order valence-electron chi connectivity index (χ2n) is 9.21. The molecule has 0 amide bonds. The van der Waals surface area contributed by atoms with Gasteiger partial charge in [-0.1, -0.05) is 23.8 Å². The number of aryl methyl sites for hydroxylation is 2.